The van der Waals surface area contributed by atoms with Gasteiger partial charge in [0.15, 0.2) is 0 Å². The number of rotatable bonds is 1. The van der Waals surface area contributed by atoms with Crippen LogP contribution in [0, 0.1) is 0 Å². The van der Waals surface area contributed by atoms with Gasteiger partial charge in [0.1, 0.15) is 11.8 Å². The van der Waals surface area contributed by atoms with Crippen LogP contribution in [0.4, 0.5) is 4.39 Å². The van der Waals surface area contributed by atoms with E-state index in [-0.39, 0.29) is 12.5 Å². The van der Waals surface area contributed by atoms with Gasteiger partial charge in [0, 0.05) is 6.54 Å². The van der Waals surface area contributed by atoms with E-state index in [1.54, 1.807) is 0 Å². The number of hydrogen-bond acceptors (Lipinski definition) is 2. The quantitative estimate of drug-likeness (QED) is 0.623. The first kappa shape index (κ1) is 9.45. The summed E-state index contributed by atoms with van der Waals surface area (Å²) in [6, 6.07) is 0. The number of aliphatic hydroxyl groups is 1. The van der Waals surface area contributed by atoms with Gasteiger partial charge in [0.25, 0.3) is 5.91 Å². The van der Waals surface area contributed by atoms with Crippen molar-refractivity contribution >= 4 is 5.91 Å². The zero-order valence-electron chi connectivity index (χ0n) is 7.38. The molecule has 0 spiro atoms. The SMILES string of the molecule is CC(C)(O)C(=O)N1CC[C@H](F)C1. The summed E-state index contributed by atoms with van der Waals surface area (Å²) >= 11 is 0. The minimum Gasteiger partial charge on any atom is -0.381 e. The van der Waals surface area contributed by atoms with E-state index in [0.29, 0.717) is 13.0 Å². The van der Waals surface area contributed by atoms with Gasteiger partial charge in [0.2, 0.25) is 0 Å². The molecule has 1 amide bonds. The van der Waals surface area contributed by atoms with Gasteiger partial charge in [0.05, 0.1) is 6.54 Å². The predicted molar refractivity (Wildman–Crippen MR) is 42.4 cm³/mol. The average molecular weight is 175 g/mol. The largest absolute Gasteiger partial charge is 0.381 e. The van der Waals surface area contributed by atoms with E-state index < -0.39 is 11.8 Å². The van der Waals surface area contributed by atoms with Gasteiger partial charge in [-0.25, -0.2) is 4.39 Å². The summed E-state index contributed by atoms with van der Waals surface area (Å²) in [5, 5.41) is 9.32. The number of carbonyl (C=O) groups is 1. The zero-order valence-corrected chi connectivity index (χ0v) is 7.38. The summed E-state index contributed by atoms with van der Waals surface area (Å²) in [6.45, 7) is 3.38. The Kier molecular flexibility index (Phi) is 2.37. The van der Waals surface area contributed by atoms with Crippen LogP contribution in [0.3, 0.4) is 0 Å². The van der Waals surface area contributed by atoms with Crippen LogP contribution in [0.1, 0.15) is 20.3 Å². The molecule has 1 fully saturated rings. The van der Waals surface area contributed by atoms with Crippen molar-refractivity contribution in [2.24, 2.45) is 0 Å². The van der Waals surface area contributed by atoms with Gasteiger partial charge in [-0.3, -0.25) is 4.79 Å². The summed E-state index contributed by atoms with van der Waals surface area (Å²) in [5.41, 5.74) is -1.37. The Bertz CT molecular complexity index is 188. The van der Waals surface area contributed by atoms with Crippen LogP contribution in [0.15, 0.2) is 0 Å². The summed E-state index contributed by atoms with van der Waals surface area (Å²) in [5.74, 6) is -0.386. The molecule has 0 bridgehead atoms. The Labute approximate surface area is 71.2 Å². The predicted octanol–water partition coefficient (Wildman–Crippen LogP) is 0.328. The number of halogens is 1. The van der Waals surface area contributed by atoms with Gasteiger partial charge in [-0.2, -0.15) is 0 Å². The Morgan fingerprint density at radius 3 is 2.58 bits per heavy atom. The van der Waals surface area contributed by atoms with E-state index in [9.17, 15) is 14.3 Å². The minimum atomic E-state index is -1.37. The summed E-state index contributed by atoms with van der Waals surface area (Å²) in [4.78, 5) is 12.7. The van der Waals surface area contributed by atoms with Crippen LogP contribution < -0.4 is 0 Å². The first-order chi connectivity index (χ1) is 5.41. The summed E-state index contributed by atoms with van der Waals surface area (Å²) in [7, 11) is 0. The average Bonchev–Trinajstić information content (AvgIpc) is 2.32. The van der Waals surface area contributed by atoms with Crippen LogP contribution in [0.25, 0.3) is 0 Å². The molecule has 12 heavy (non-hydrogen) atoms. The molecule has 0 unspecified atom stereocenters. The Morgan fingerprint density at radius 2 is 2.25 bits per heavy atom. The van der Waals surface area contributed by atoms with Crippen LogP contribution in [-0.2, 0) is 4.79 Å². The van der Waals surface area contributed by atoms with Crippen molar-refractivity contribution in [3.8, 4) is 0 Å². The maximum absolute atomic E-state index is 12.6. The lowest BCUT2D eigenvalue weighted by atomic mass is 10.1. The van der Waals surface area contributed by atoms with Crippen LogP contribution in [0.2, 0.25) is 0 Å². The second-order valence-corrected chi connectivity index (χ2v) is 3.70. The molecule has 0 radical (unpaired) electrons. The van der Waals surface area contributed by atoms with E-state index >= 15 is 0 Å². The number of carbonyl (C=O) groups excluding carboxylic acids is 1. The second-order valence-electron chi connectivity index (χ2n) is 3.70. The molecule has 1 heterocycles. The highest BCUT2D eigenvalue weighted by atomic mass is 19.1. The third kappa shape index (κ3) is 1.94. The topological polar surface area (TPSA) is 40.5 Å². The van der Waals surface area contributed by atoms with Crippen molar-refractivity contribution in [2.45, 2.75) is 32.0 Å². The highest BCUT2D eigenvalue weighted by Gasteiger charge is 2.34. The first-order valence-corrected chi connectivity index (χ1v) is 4.07. The molecule has 1 rings (SSSR count). The van der Waals surface area contributed by atoms with Crippen molar-refractivity contribution in [2.75, 3.05) is 13.1 Å². The van der Waals surface area contributed by atoms with E-state index in [4.69, 9.17) is 0 Å². The van der Waals surface area contributed by atoms with Gasteiger partial charge in [-0.15, -0.1) is 0 Å². The molecule has 4 heteroatoms. The van der Waals surface area contributed by atoms with E-state index in [0.717, 1.165) is 0 Å². The van der Waals surface area contributed by atoms with E-state index in [1.165, 1.54) is 18.7 Å². The monoisotopic (exact) mass is 175 g/mol. The van der Waals surface area contributed by atoms with Crippen LogP contribution in [0.5, 0.6) is 0 Å². The molecule has 3 nitrogen and oxygen atoms in total. The second kappa shape index (κ2) is 3.01. The lowest BCUT2D eigenvalue weighted by Gasteiger charge is -2.23. The van der Waals surface area contributed by atoms with Crippen molar-refractivity contribution in [1.29, 1.82) is 0 Å². The lowest BCUT2D eigenvalue weighted by Crippen LogP contribution is -2.44. The lowest BCUT2D eigenvalue weighted by molar-refractivity contribution is -0.146. The molecule has 1 aliphatic heterocycles. The third-order valence-electron chi connectivity index (χ3n) is 1.94. The molecule has 0 aromatic carbocycles. The number of alkyl halides is 1. The number of hydrogen-bond donors (Lipinski definition) is 1. The van der Waals surface area contributed by atoms with Gasteiger partial charge >= 0.3 is 0 Å². The van der Waals surface area contributed by atoms with Gasteiger partial charge in [-0.1, -0.05) is 0 Å². The molecular weight excluding hydrogens is 161 g/mol. The molecule has 0 aromatic rings. The molecule has 1 saturated heterocycles. The number of nitrogens with zero attached hydrogens (tertiary/aromatic N) is 1. The van der Waals surface area contributed by atoms with Crippen LogP contribution in [-0.4, -0.2) is 40.8 Å². The maximum Gasteiger partial charge on any atom is 0.254 e. The van der Waals surface area contributed by atoms with Crippen molar-refractivity contribution in [3.63, 3.8) is 0 Å². The summed E-state index contributed by atoms with van der Waals surface area (Å²) in [6.07, 6.45) is -0.529. The van der Waals surface area contributed by atoms with Gasteiger partial charge < -0.3 is 10.0 Å². The standard InChI is InChI=1S/C8H14FNO2/c1-8(2,12)7(11)10-4-3-6(9)5-10/h6,12H,3-5H2,1-2H3/t6-/m0/s1. The van der Waals surface area contributed by atoms with Crippen molar-refractivity contribution in [3.05, 3.63) is 0 Å². The van der Waals surface area contributed by atoms with E-state index in [1.807, 2.05) is 0 Å². The molecule has 0 aromatic heterocycles. The molecule has 1 atom stereocenters. The first-order valence-electron chi connectivity index (χ1n) is 4.07. The van der Waals surface area contributed by atoms with E-state index in [2.05, 4.69) is 0 Å². The van der Waals surface area contributed by atoms with Gasteiger partial charge in [-0.05, 0) is 20.3 Å². The summed E-state index contributed by atoms with van der Waals surface area (Å²) < 4.78 is 12.6. The molecular formula is C8H14FNO2. The zero-order chi connectivity index (χ0) is 9.35. The highest BCUT2D eigenvalue weighted by Crippen LogP contribution is 2.16. The molecule has 0 saturated carbocycles. The molecule has 1 aliphatic rings. The normalized spacial score (nSPS) is 24.7. The molecule has 1 N–H and O–H groups in total. The fourth-order valence-electron chi connectivity index (χ4n) is 1.29. The smallest absolute Gasteiger partial charge is 0.254 e. The fraction of sp³-hybridized carbons (Fsp3) is 0.875. The Morgan fingerprint density at radius 1 is 1.67 bits per heavy atom. The maximum atomic E-state index is 12.6. The molecule has 70 valence electrons. The Balaban J connectivity index is 2.55. The highest BCUT2D eigenvalue weighted by molar-refractivity contribution is 5.84. The molecule has 0 aliphatic carbocycles. The van der Waals surface area contributed by atoms with Crippen molar-refractivity contribution < 1.29 is 14.3 Å². The third-order valence-corrected chi connectivity index (χ3v) is 1.94. The van der Waals surface area contributed by atoms with Crippen LogP contribution >= 0.6 is 0 Å². The minimum absolute atomic E-state index is 0.128. The fourth-order valence-corrected chi connectivity index (χ4v) is 1.29. The Hall–Kier alpha value is -0.640. The van der Waals surface area contributed by atoms with Crippen molar-refractivity contribution in [1.82, 2.24) is 4.90 Å². The number of likely N-dealkylation sites (tertiary alicyclic amines) is 1. The number of amides is 1.